The van der Waals surface area contributed by atoms with Gasteiger partial charge in [-0.3, -0.25) is 0 Å². The van der Waals surface area contributed by atoms with E-state index in [1.807, 2.05) is 0 Å². The Balaban J connectivity index is 3.01. The van der Waals surface area contributed by atoms with E-state index in [4.69, 9.17) is 17.0 Å². The minimum atomic E-state index is -4.90. The van der Waals surface area contributed by atoms with Gasteiger partial charge in [0, 0.05) is 19.3 Å². The van der Waals surface area contributed by atoms with E-state index in [0.29, 0.717) is 12.1 Å². The van der Waals surface area contributed by atoms with E-state index in [-0.39, 0.29) is 24.3 Å². The van der Waals surface area contributed by atoms with Crippen molar-refractivity contribution in [1.29, 1.82) is 0 Å². The van der Waals surface area contributed by atoms with E-state index in [0.717, 1.165) is 0 Å². The predicted molar refractivity (Wildman–Crippen MR) is 72.5 cm³/mol. The summed E-state index contributed by atoms with van der Waals surface area (Å²) in [5, 5.41) is 4.76. The summed E-state index contributed by atoms with van der Waals surface area (Å²) in [6.07, 6.45) is -9.80. The van der Waals surface area contributed by atoms with Crippen molar-refractivity contribution in [3.8, 4) is 0 Å². The molecule has 124 valence electrons. The zero-order chi connectivity index (χ0) is 17.0. The van der Waals surface area contributed by atoms with E-state index < -0.39 is 29.2 Å². The molecule has 3 nitrogen and oxygen atoms in total. The molecule has 10 heteroatoms. The van der Waals surface area contributed by atoms with Crippen LogP contribution >= 0.6 is 12.2 Å². The number of hydrogen-bond acceptors (Lipinski definition) is 2. The molecule has 0 heterocycles. The third-order valence-corrected chi connectivity index (χ3v) is 2.68. The molecule has 0 saturated heterocycles. The standard InChI is InChI=1S/C12H12F6N2OS/c1-21-3-2-19-10(22)20-9-5-7(11(13,14)15)4-8(6-9)12(16,17)18/h4-6H,2-3H2,1H3,(H2,19,20,22). The molecule has 1 aromatic carbocycles. The second-order valence-corrected chi connectivity index (χ2v) is 4.58. The van der Waals surface area contributed by atoms with Crippen molar-refractivity contribution in [2.45, 2.75) is 12.4 Å². The van der Waals surface area contributed by atoms with E-state index in [2.05, 4.69) is 10.6 Å². The number of nitrogens with one attached hydrogen (secondary N) is 2. The van der Waals surface area contributed by atoms with Crippen LogP contribution in [-0.4, -0.2) is 25.4 Å². The van der Waals surface area contributed by atoms with Gasteiger partial charge < -0.3 is 15.4 Å². The summed E-state index contributed by atoms with van der Waals surface area (Å²) in [4.78, 5) is 0. The van der Waals surface area contributed by atoms with Gasteiger partial charge in [0.15, 0.2) is 5.11 Å². The van der Waals surface area contributed by atoms with Crippen LogP contribution in [0.5, 0.6) is 0 Å². The van der Waals surface area contributed by atoms with E-state index >= 15 is 0 Å². The highest BCUT2D eigenvalue weighted by molar-refractivity contribution is 7.80. The summed E-state index contributed by atoms with van der Waals surface area (Å²) in [6.45, 7) is 0.533. The highest BCUT2D eigenvalue weighted by Crippen LogP contribution is 2.37. The second kappa shape index (κ2) is 7.14. The maximum Gasteiger partial charge on any atom is 0.416 e. The van der Waals surface area contributed by atoms with Crippen LogP contribution in [0.15, 0.2) is 18.2 Å². The predicted octanol–water partition coefficient (Wildman–Crippen LogP) is 3.66. The monoisotopic (exact) mass is 346 g/mol. The fourth-order valence-corrected chi connectivity index (χ4v) is 1.69. The van der Waals surface area contributed by atoms with Crippen LogP contribution < -0.4 is 10.6 Å². The molecule has 0 saturated carbocycles. The molecule has 2 N–H and O–H groups in total. The first-order valence-corrected chi connectivity index (χ1v) is 6.28. The van der Waals surface area contributed by atoms with Gasteiger partial charge in [-0.15, -0.1) is 0 Å². The molecule has 0 aliphatic carbocycles. The molecule has 0 aromatic heterocycles. The molecular formula is C12H12F6N2OS. The number of halogens is 6. The molecule has 0 spiro atoms. The fourth-order valence-electron chi connectivity index (χ4n) is 1.47. The van der Waals surface area contributed by atoms with Crippen molar-refractivity contribution in [1.82, 2.24) is 5.32 Å². The Hall–Kier alpha value is -1.55. The number of ether oxygens (including phenoxy) is 1. The topological polar surface area (TPSA) is 33.3 Å². The van der Waals surface area contributed by atoms with Crippen molar-refractivity contribution in [3.63, 3.8) is 0 Å². The number of rotatable bonds is 4. The molecule has 0 bridgehead atoms. The van der Waals surface area contributed by atoms with E-state index in [9.17, 15) is 26.3 Å². The first kappa shape index (κ1) is 18.5. The summed E-state index contributed by atoms with van der Waals surface area (Å²) in [6, 6.07) is 1.16. The molecular weight excluding hydrogens is 334 g/mol. The number of methoxy groups -OCH3 is 1. The SMILES string of the molecule is COCCNC(=S)Nc1cc(C(F)(F)F)cc(C(F)(F)F)c1. The number of anilines is 1. The van der Waals surface area contributed by atoms with Gasteiger partial charge in [0.2, 0.25) is 0 Å². The van der Waals surface area contributed by atoms with Crippen LogP contribution in [0.25, 0.3) is 0 Å². The number of benzene rings is 1. The van der Waals surface area contributed by atoms with Crippen LogP contribution in [0.4, 0.5) is 32.0 Å². The highest BCUT2D eigenvalue weighted by Gasteiger charge is 2.36. The Labute approximate surface area is 127 Å². The van der Waals surface area contributed by atoms with Gasteiger partial charge in [-0.05, 0) is 30.4 Å². The number of hydrogen-bond donors (Lipinski definition) is 2. The second-order valence-electron chi connectivity index (χ2n) is 4.17. The summed E-state index contributed by atoms with van der Waals surface area (Å²) < 4.78 is 80.7. The van der Waals surface area contributed by atoms with Crippen molar-refractivity contribution in [2.24, 2.45) is 0 Å². The third kappa shape index (κ3) is 5.68. The van der Waals surface area contributed by atoms with Crippen molar-refractivity contribution >= 4 is 23.0 Å². The molecule has 1 rings (SSSR count). The lowest BCUT2D eigenvalue weighted by Crippen LogP contribution is -2.31. The van der Waals surface area contributed by atoms with Gasteiger partial charge >= 0.3 is 12.4 Å². The zero-order valence-corrected chi connectivity index (χ0v) is 12.0. The molecule has 0 aliphatic heterocycles. The average molecular weight is 346 g/mol. The first-order chi connectivity index (χ1) is 10.0. The largest absolute Gasteiger partial charge is 0.416 e. The molecule has 0 aliphatic rings. The third-order valence-electron chi connectivity index (χ3n) is 2.44. The van der Waals surface area contributed by atoms with Crippen molar-refractivity contribution in [3.05, 3.63) is 29.3 Å². The van der Waals surface area contributed by atoms with Crippen LogP contribution in [0.3, 0.4) is 0 Å². The summed E-state index contributed by atoms with van der Waals surface area (Å²) in [7, 11) is 1.43. The Morgan fingerprint density at radius 3 is 1.95 bits per heavy atom. The molecule has 0 unspecified atom stereocenters. The summed E-state index contributed by atoms with van der Waals surface area (Å²) >= 11 is 4.78. The van der Waals surface area contributed by atoms with Crippen molar-refractivity contribution < 1.29 is 31.1 Å². The van der Waals surface area contributed by atoms with Gasteiger partial charge in [-0.25, -0.2) is 0 Å². The van der Waals surface area contributed by atoms with Crippen LogP contribution in [0.2, 0.25) is 0 Å². The lowest BCUT2D eigenvalue weighted by atomic mass is 10.1. The zero-order valence-electron chi connectivity index (χ0n) is 11.2. The molecule has 0 atom stereocenters. The Morgan fingerprint density at radius 1 is 1.05 bits per heavy atom. The van der Waals surface area contributed by atoms with Crippen molar-refractivity contribution in [2.75, 3.05) is 25.6 Å². The lowest BCUT2D eigenvalue weighted by Gasteiger charge is -2.16. The quantitative estimate of drug-likeness (QED) is 0.495. The Morgan fingerprint density at radius 2 is 1.55 bits per heavy atom. The Kier molecular flexibility index (Phi) is 6.00. The van der Waals surface area contributed by atoms with Crippen LogP contribution in [0, 0.1) is 0 Å². The first-order valence-electron chi connectivity index (χ1n) is 5.87. The summed E-state index contributed by atoms with van der Waals surface area (Å²) in [5.74, 6) is 0. The highest BCUT2D eigenvalue weighted by atomic mass is 32.1. The smallest absolute Gasteiger partial charge is 0.383 e. The fraction of sp³-hybridized carbons (Fsp3) is 0.417. The van der Waals surface area contributed by atoms with Gasteiger partial charge in [0.1, 0.15) is 0 Å². The van der Waals surface area contributed by atoms with E-state index in [1.54, 1.807) is 0 Å². The molecule has 0 fully saturated rings. The van der Waals surface area contributed by atoms with Crippen LogP contribution in [0.1, 0.15) is 11.1 Å². The van der Waals surface area contributed by atoms with Gasteiger partial charge in [-0.1, -0.05) is 0 Å². The lowest BCUT2D eigenvalue weighted by molar-refractivity contribution is -0.143. The van der Waals surface area contributed by atoms with Crippen LogP contribution in [-0.2, 0) is 17.1 Å². The molecule has 0 amide bonds. The van der Waals surface area contributed by atoms with Gasteiger partial charge in [0.05, 0.1) is 17.7 Å². The Bertz CT molecular complexity index is 497. The summed E-state index contributed by atoms with van der Waals surface area (Å²) in [5.41, 5.74) is -3.23. The number of alkyl halides is 6. The maximum atomic E-state index is 12.7. The van der Waals surface area contributed by atoms with Gasteiger partial charge in [0.25, 0.3) is 0 Å². The maximum absolute atomic E-state index is 12.7. The van der Waals surface area contributed by atoms with E-state index in [1.165, 1.54) is 7.11 Å². The molecule has 1 aromatic rings. The molecule has 0 radical (unpaired) electrons. The minimum Gasteiger partial charge on any atom is -0.383 e. The minimum absolute atomic E-state index is 0.0482. The number of thiocarbonyl (C=S) groups is 1. The van der Waals surface area contributed by atoms with Gasteiger partial charge in [-0.2, -0.15) is 26.3 Å². The molecule has 22 heavy (non-hydrogen) atoms. The average Bonchev–Trinajstić information content (AvgIpc) is 2.36. The normalized spacial score (nSPS) is 12.1.